The molecule has 2 heterocycles. The zero-order chi connectivity index (χ0) is 15.7. The number of nitrogens with zero attached hydrogens (tertiary/aromatic N) is 4. The Morgan fingerprint density at radius 3 is 2.95 bits per heavy atom. The highest BCUT2D eigenvalue weighted by Crippen LogP contribution is 2.22. The van der Waals surface area contributed by atoms with Gasteiger partial charge in [0.1, 0.15) is 0 Å². The van der Waals surface area contributed by atoms with Crippen molar-refractivity contribution in [1.29, 1.82) is 0 Å². The number of hydrogen-bond donors (Lipinski definition) is 0. The monoisotopic (exact) mass is 332 g/mol. The fourth-order valence-electron chi connectivity index (χ4n) is 2.11. The summed E-state index contributed by atoms with van der Waals surface area (Å²) in [5.74, 6) is 1.18. The molecule has 3 rings (SSSR count). The van der Waals surface area contributed by atoms with E-state index in [0.29, 0.717) is 21.5 Å². The zero-order valence-corrected chi connectivity index (χ0v) is 13.6. The molecule has 7 heteroatoms. The fourth-order valence-corrected chi connectivity index (χ4v) is 3.08. The topological polar surface area (TPSA) is 60.2 Å². The molecule has 0 saturated heterocycles. The normalized spacial score (nSPS) is 11.0. The van der Waals surface area contributed by atoms with E-state index in [9.17, 15) is 4.79 Å². The van der Waals surface area contributed by atoms with Crippen molar-refractivity contribution in [3.63, 3.8) is 0 Å². The molecular weight excluding hydrogens is 320 g/mol. The van der Waals surface area contributed by atoms with Crippen molar-refractivity contribution in [2.45, 2.75) is 24.8 Å². The van der Waals surface area contributed by atoms with Crippen molar-refractivity contribution in [2.75, 3.05) is 0 Å². The van der Waals surface area contributed by atoms with Crippen LogP contribution in [-0.4, -0.2) is 25.4 Å². The minimum Gasteiger partial charge on any atom is -0.294 e. The van der Waals surface area contributed by atoms with Gasteiger partial charge >= 0.3 is 0 Å². The molecular formula is C15H13ClN4OS. The molecule has 3 aromatic rings. The van der Waals surface area contributed by atoms with E-state index >= 15 is 0 Å². The molecule has 0 aliphatic heterocycles. The third-order valence-corrected chi connectivity index (χ3v) is 4.37. The number of rotatable bonds is 4. The van der Waals surface area contributed by atoms with E-state index < -0.39 is 0 Å². The van der Waals surface area contributed by atoms with Crippen LogP contribution >= 0.6 is 23.4 Å². The fraction of sp³-hybridized carbons (Fsp3) is 0.200. The standard InChI is InChI=1S/C15H13ClN4OS/c1-9-13(10(2)21)7-17-14-18-15(19-20(9)14)22-8-11-4-3-5-12(16)6-11/h3-7H,8H2,1-2H3. The van der Waals surface area contributed by atoms with Gasteiger partial charge in [0, 0.05) is 17.0 Å². The molecule has 2 aromatic heterocycles. The Bertz CT molecular complexity index is 862. The lowest BCUT2D eigenvalue weighted by molar-refractivity contribution is 0.101. The summed E-state index contributed by atoms with van der Waals surface area (Å²) in [6.07, 6.45) is 1.55. The van der Waals surface area contributed by atoms with E-state index in [-0.39, 0.29) is 5.78 Å². The molecule has 0 bridgehead atoms. The van der Waals surface area contributed by atoms with Crippen LogP contribution in [0.25, 0.3) is 5.78 Å². The second kappa shape index (κ2) is 6.06. The first-order chi connectivity index (χ1) is 10.5. The summed E-state index contributed by atoms with van der Waals surface area (Å²) in [4.78, 5) is 20.1. The molecule has 5 nitrogen and oxygen atoms in total. The van der Waals surface area contributed by atoms with Crippen molar-refractivity contribution >= 4 is 34.9 Å². The van der Waals surface area contributed by atoms with Crippen LogP contribution < -0.4 is 0 Å². The molecule has 1 aromatic carbocycles. The van der Waals surface area contributed by atoms with Gasteiger partial charge in [-0.05, 0) is 31.5 Å². The summed E-state index contributed by atoms with van der Waals surface area (Å²) in [5, 5.41) is 5.75. The maximum atomic E-state index is 11.5. The summed E-state index contributed by atoms with van der Waals surface area (Å²) < 4.78 is 1.61. The molecule has 0 amide bonds. The summed E-state index contributed by atoms with van der Waals surface area (Å²) >= 11 is 7.48. The number of aromatic nitrogens is 4. The SMILES string of the molecule is CC(=O)c1cnc2nc(SCc3cccc(Cl)c3)nn2c1C. The Morgan fingerprint density at radius 1 is 1.41 bits per heavy atom. The minimum atomic E-state index is -0.0319. The van der Waals surface area contributed by atoms with E-state index in [1.54, 1.807) is 10.7 Å². The molecule has 0 radical (unpaired) electrons. The van der Waals surface area contributed by atoms with E-state index in [2.05, 4.69) is 15.1 Å². The molecule has 0 atom stereocenters. The van der Waals surface area contributed by atoms with Gasteiger partial charge in [-0.25, -0.2) is 4.98 Å². The molecule has 0 saturated carbocycles. The second-order valence-electron chi connectivity index (χ2n) is 4.84. The van der Waals surface area contributed by atoms with Crippen molar-refractivity contribution < 1.29 is 4.79 Å². The van der Waals surface area contributed by atoms with Gasteiger partial charge in [-0.1, -0.05) is 35.5 Å². The molecule has 0 unspecified atom stereocenters. The van der Waals surface area contributed by atoms with Gasteiger partial charge in [0.05, 0.1) is 11.3 Å². The molecule has 0 fully saturated rings. The van der Waals surface area contributed by atoms with Gasteiger partial charge in [0.15, 0.2) is 5.78 Å². The van der Waals surface area contributed by atoms with E-state index in [0.717, 1.165) is 17.0 Å². The molecule has 0 aliphatic carbocycles. The number of carbonyl (C=O) groups is 1. The van der Waals surface area contributed by atoms with Crippen molar-refractivity contribution in [1.82, 2.24) is 19.6 Å². The van der Waals surface area contributed by atoms with Crippen molar-refractivity contribution in [3.8, 4) is 0 Å². The Labute approximate surface area is 136 Å². The van der Waals surface area contributed by atoms with Crippen LogP contribution in [0, 0.1) is 6.92 Å². The average Bonchev–Trinajstić information content (AvgIpc) is 2.89. The van der Waals surface area contributed by atoms with Crippen LogP contribution in [0.2, 0.25) is 5.02 Å². The Morgan fingerprint density at radius 2 is 2.23 bits per heavy atom. The Kier molecular flexibility index (Phi) is 4.13. The van der Waals surface area contributed by atoms with Crippen LogP contribution in [0.1, 0.15) is 28.5 Å². The summed E-state index contributed by atoms with van der Waals surface area (Å²) in [6.45, 7) is 3.35. The lowest BCUT2D eigenvalue weighted by atomic mass is 10.2. The Balaban J connectivity index is 1.86. The first kappa shape index (κ1) is 15.0. The highest BCUT2D eigenvalue weighted by molar-refractivity contribution is 7.98. The largest absolute Gasteiger partial charge is 0.294 e. The number of Topliss-reactive ketones (excluding diaryl/α,β-unsaturated/α-hetero) is 1. The van der Waals surface area contributed by atoms with Gasteiger partial charge in [0.2, 0.25) is 5.16 Å². The van der Waals surface area contributed by atoms with Crippen LogP contribution in [-0.2, 0) is 5.75 Å². The summed E-state index contributed by atoms with van der Waals surface area (Å²) in [5.41, 5.74) is 2.41. The number of fused-ring (bicyclic) bond motifs is 1. The predicted octanol–water partition coefficient (Wildman–Crippen LogP) is 3.58. The number of aryl methyl sites for hydroxylation is 1. The molecule has 0 spiro atoms. The minimum absolute atomic E-state index is 0.0319. The van der Waals surface area contributed by atoms with Crippen molar-refractivity contribution in [3.05, 3.63) is 52.3 Å². The van der Waals surface area contributed by atoms with Crippen LogP contribution in [0.15, 0.2) is 35.6 Å². The van der Waals surface area contributed by atoms with Crippen LogP contribution in [0.3, 0.4) is 0 Å². The third kappa shape index (κ3) is 2.98. The van der Waals surface area contributed by atoms with Gasteiger partial charge < -0.3 is 0 Å². The van der Waals surface area contributed by atoms with Gasteiger partial charge in [-0.2, -0.15) is 9.50 Å². The lowest BCUT2D eigenvalue weighted by Gasteiger charge is -2.01. The van der Waals surface area contributed by atoms with Gasteiger partial charge in [-0.3, -0.25) is 4.79 Å². The maximum absolute atomic E-state index is 11.5. The number of benzene rings is 1. The molecule has 22 heavy (non-hydrogen) atoms. The summed E-state index contributed by atoms with van der Waals surface area (Å²) in [7, 11) is 0. The number of thioether (sulfide) groups is 1. The van der Waals surface area contributed by atoms with Crippen LogP contribution in [0.4, 0.5) is 0 Å². The van der Waals surface area contributed by atoms with Crippen LogP contribution in [0.5, 0.6) is 0 Å². The second-order valence-corrected chi connectivity index (χ2v) is 6.22. The number of carbonyl (C=O) groups excluding carboxylic acids is 1. The Hall–Kier alpha value is -1.92. The average molecular weight is 333 g/mol. The lowest BCUT2D eigenvalue weighted by Crippen LogP contribution is -2.05. The first-order valence-corrected chi connectivity index (χ1v) is 8.01. The number of ketones is 1. The van der Waals surface area contributed by atoms with E-state index in [1.165, 1.54) is 18.7 Å². The molecule has 0 aliphatic rings. The smallest absolute Gasteiger partial charge is 0.253 e. The predicted molar refractivity (Wildman–Crippen MR) is 86.5 cm³/mol. The van der Waals surface area contributed by atoms with Gasteiger partial charge in [-0.15, -0.1) is 5.10 Å². The highest BCUT2D eigenvalue weighted by Gasteiger charge is 2.12. The molecule has 112 valence electrons. The maximum Gasteiger partial charge on any atom is 0.253 e. The summed E-state index contributed by atoms with van der Waals surface area (Å²) in [6, 6.07) is 7.68. The first-order valence-electron chi connectivity index (χ1n) is 6.65. The molecule has 0 N–H and O–H groups in total. The zero-order valence-electron chi connectivity index (χ0n) is 12.1. The number of hydrogen-bond acceptors (Lipinski definition) is 5. The van der Waals surface area contributed by atoms with Crippen molar-refractivity contribution in [2.24, 2.45) is 0 Å². The number of halogens is 1. The van der Waals surface area contributed by atoms with E-state index in [4.69, 9.17) is 11.6 Å². The van der Waals surface area contributed by atoms with E-state index in [1.807, 2.05) is 31.2 Å². The third-order valence-electron chi connectivity index (χ3n) is 3.22. The van der Waals surface area contributed by atoms with Gasteiger partial charge in [0.25, 0.3) is 5.78 Å². The highest BCUT2D eigenvalue weighted by atomic mass is 35.5. The quantitative estimate of drug-likeness (QED) is 0.540.